The van der Waals surface area contributed by atoms with Crippen LogP contribution in [0.4, 0.5) is 0 Å². The second kappa shape index (κ2) is 4.00. The zero-order chi connectivity index (χ0) is 11.1. The summed E-state index contributed by atoms with van der Waals surface area (Å²) in [6.45, 7) is 0. The minimum atomic E-state index is 0.147. The first kappa shape index (κ1) is 10.5. The number of rotatable bonds is 2. The van der Waals surface area contributed by atoms with Crippen LogP contribution in [0.5, 0.6) is 0 Å². The number of hydrogen-bond acceptors (Lipinski definition) is 3. The van der Waals surface area contributed by atoms with Gasteiger partial charge in [0.2, 0.25) is 5.91 Å². The predicted octanol–water partition coefficient (Wildman–Crippen LogP) is 0.550. The molecule has 0 aromatic carbocycles. The summed E-state index contributed by atoms with van der Waals surface area (Å²) in [4.78, 5) is 12.0. The van der Waals surface area contributed by atoms with Crippen molar-refractivity contribution in [2.45, 2.75) is 62.8 Å². The van der Waals surface area contributed by atoms with Crippen molar-refractivity contribution in [2.24, 2.45) is 11.7 Å². The van der Waals surface area contributed by atoms with Gasteiger partial charge in [-0.15, -0.1) is 0 Å². The van der Waals surface area contributed by atoms with Gasteiger partial charge >= 0.3 is 0 Å². The molecule has 3 aliphatic rings. The summed E-state index contributed by atoms with van der Waals surface area (Å²) in [5, 5.41) is 3.15. The van der Waals surface area contributed by atoms with E-state index in [1.54, 1.807) is 0 Å². The number of fused-ring (bicyclic) bond motifs is 2. The highest BCUT2D eigenvalue weighted by Crippen LogP contribution is 2.35. The summed E-state index contributed by atoms with van der Waals surface area (Å²) in [5.74, 6) is 0.350. The van der Waals surface area contributed by atoms with E-state index in [0.717, 1.165) is 32.1 Å². The Morgan fingerprint density at radius 3 is 2.62 bits per heavy atom. The lowest BCUT2D eigenvalue weighted by Crippen LogP contribution is -2.43. The number of carbonyl (C=O) groups is 1. The van der Waals surface area contributed by atoms with Crippen molar-refractivity contribution in [3.8, 4) is 0 Å². The maximum atomic E-state index is 12.0. The molecule has 0 radical (unpaired) electrons. The predicted molar refractivity (Wildman–Crippen MR) is 59.8 cm³/mol. The van der Waals surface area contributed by atoms with Crippen molar-refractivity contribution in [2.75, 3.05) is 0 Å². The fraction of sp³-hybridized carbons (Fsp3) is 0.917. The van der Waals surface area contributed by atoms with Crippen LogP contribution in [0.25, 0.3) is 0 Å². The zero-order valence-electron chi connectivity index (χ0n) is 9.52. The number of hydrogen-bond donors (Lipinski definition) is 2. The van der Waals surface area contributed by atoms with Crippen LogP contribution in [-0.4, -0.2) is 30.2 Å². The lowest BCUT2D eigenvalue weighted by Gasteiger charge is -2.22. The Balaban J connectivity index is 1.53. The first-order valence-corrected chi connectivity index (χ1v) is 6.44. The van der Waals surface area contributed by atoms with Crippen molar-refractivity contribution in [1.82, 2.24) is 5.32 Å². The highest BCUT2D eigenvalue weighted by molar-refractivity contribution is 5.79. The fourth-order valence-corrected chi connectivity index (χ4v) is 3.34. The van der Waals surface area contributed by atoms with Crippen LogP contribution in [0.1, 0.15) is 38.5 Å². The minimum absolute atomic E-state index is 0.147. The van der Waals surface area contributed by atoms with Gasteiger partial charge in [0.1, 0.15) is 0 Å². The Kier molecular flexibility index (Phi) is 2.64. The standard InChI is InChI=1S/C12H20N2O2/c13-8-2-1-7(5-8)12(15)14-10-6-9-3-4-11(10)16-9/h7-11H,1-6,13H2,(H,14,15). The second-order valence-electron chi connectivity index (χ2n) is 5.49. The van der Waals surface area contributed by atoms with Gasteiger partial charge in [0, 0.05) is 12.0 Å². The molecule has 4 nitrogen and oxygen atoms in total. The molecule has 2 heterocycles. The third-order valence-corrected chi connectivity index (χ3v) is 4.28. The maximum Gasteiger partial charge on any atom is 0.223 e. The van der Waals surface area contributed by atoms with Gasteiger partial charge in [0.25, 0.3) is 0 Å². The molecule has 3 N–H and O–H groups in total. The molecule has 5 atom stereocenters. The van der Waals surface area contributed by atoms with Gasteiger partial charge in [-0.1, -0.05) is 0 Å². The average molecular weight is 224 g/mol. The van der Waals surface area contributed by atoms with E-state index in [0.29, 0.717) is 6.10 Å². The molecule has 4 heteroatoms. The third kappa shape index (κ3) is 1.84. The maximum absolute atomic E-state index is 12.0. The topological polar surface area (TPSA) is 64.4 Å². The number of carbonyl (C=O) groups excluding carboxylic acids is 1. The number of ether oxygens (including phenoxy) is 1. The van der Waals surface area contributed by atoms with E-state index in [2.05, 4.69) is 5.32 Å². The lowest BCUT2D eigenvalue weighted by atomic mass is 9.94. The summed E-state index contributed by atoms with van der Waals surface area (Å²) in [6.07, 6.45) is 6.78. The van der Waals surface area contributed by atoms with E-state index in [1.165, 1.54) is 6.42 Å². The summed E-state index contributed by atoms with van der Waals surface area (Å²) in [6, 6.07) is 0.495. The molecule has 3 rings (SSSR count). The number of nitrogens with one attached hydrogen (secondary N) is 1. The normalized spacial score (nSPS) is 46.2. The van der Waals surface area contributed by atoms with Gasteiger partial charge in [0.05, 0.1) is 18.2 Å². The van der Waals surface area contributed by atoms with E-state index in [9.17, 15) is 4.79 Å². The Bertz CT molecular complexity index is 295. The van der Waals surface area contributed by atoms with Crippen LogP contribution >= 0.6 is 0 Å². The van der Waals surface area contributed by atoms with Crippen LogP contribution in [0.2, 0.25) is 0 Å². The first-order valence-electron chi connectivity index (χ1n) is 6.44. The van der Waals surface area contributed by atoms with E-state index >= 15 is 0 Å². The van der Waals surface area contributed by atoms with Crippen molar-refractivity contribution >= 4 is 5.91 Å². The highest BCUT2D eigenvalue weighted by atomic mass is 16.5. The smallest absolute Gasteiger partial charge is 0.223 e. The average Bonchev–Trinajstić information content (AvgIpc) is 2.92. The highest BCUT2D eigenvalue weighted by Gasteiger charge is 2.42. The van der Waals surface area contributed by atoms with Gasteiger partial charge in [0.15, 0.2) is 0 Å². The number of nitrogens with two attached hydrogens (primary N) is 1. The van der Waals surface area contributed by atoms with Crippen LogP contribution < -0.4 is 11.1 Å². The van der Waals surface area contributed by atoms with Crippen molar-refractivity contribution in [3.63, 3.8) is 0 Å². The molecule has 2 saturated heterocycles. The quantitative estimate of drug-likeness (QED) is 0.720. The van der Waals surface area contributed by atoms with Crippen molar-refractivity contribution in [3.05, 3.63) is 0 Å². The zero-order valence-corrected chi connectivity index (χ0v) is 9.52. The van der Waals surface area contributed by atoms with E-state index < -0.39 is 0 Å². The van der Waals surface area contributed by atoms with Crippen LogP contribution in [-0.2, 0) is 9.53 Å². The van der Waals surface area contributed by atoms with Crippen molar-refractivity contribution in [1.29, 1.82) is 0 Å². The molecule has 2 bridgehead atoms. The minimum Gasteiger partial charge on any atom is -0.373 e. The van der Waals surface area contributed by atoms with E-state index in [-0.39, 0.29) is 30.0 Å². The first-order chi connectivity index (χ1) is 7.72. The molecule has 1 saturated carbocycles. The Morgan fingerprint density at radius 2 is 2.06 bits per heavy atom. The molecule has 16 heavy (non-hydrogen) atoms. The molecule has 1 amide bonds. The molecular weight excluding hydrogens is 204 g/mol. The van der Waals surface area contributed by atoms with Crippen molar-refractivity contribution < 1.29 is 9.53 Å². The van der Waals surface area contributed by atoms with Gasteiger partial charge in [-0.2, -0.15) is 0 Å². The van der Waals surface area contributed by atoms with Gasteiger partial charge in [-0.05, 0) is 38.5 Å². The Labute approximate surface area is 95.9 Å². The fourth-order valence-electron chi connectivity index (χ4n) is 3.34. The van der Waals surface area contributed by atoms with Crippen LogP contribution in [0, 0.1) is 5.92 Å². The second-order valence-corrected chi connectivity index (χ2v) is 5.49. The third-order valence-electron chi connectivity index (χ3n) is 4.28. The SMILES string of the molecule is NC1CCC(C(=O)NC2CC3CCC2O3)C1. The molecular formula is C12H20N2O2. The number of amides is 1. The largest absolute Gasteiger partial charge is 0.373 e. The molecule has 2 aliphatic heterocycles. The van der Waals surface area contributed by atoms with E-state index in [4.69, 9.17) is 10.5 Å². The summed E-state index contributed by atoms with van der Waals surface area (Å²) < 4.78 is 5.73. The Hall–Kier alpha value is -0.610. The summed E-state index contributed by atoms with van der Waals surface area (Å²) in [5.41, 5.74) is 5.83. The molecule has 0 spiro atoms. The molecule has 0 aromatic heterocycles. The molecule has 0 aromatic rings. The molecule has 90 valence electrons. The van der Waals surface area contributed by atoms with Crippen LogP contribution in [0.3, 0.4) is 0 Å². The molecule has 3 fully saturated rings. The molecule has 1 aliphatic carbocycles. The summed E-state index contributed by atoms with van der Waals surface area (Å²) in [7, 11) is 0. The lowest BCUT2D eigenvalue weighted by molar-refractivity contribution is -0.125. The van der Waals surface area contributed by atoms with Gasteiger partial charge in [-0.25, -0.2) is 0 Å². The van der Waals surface area contributed by atoms with Crippen LogP contribution in [0.15, 0.2) is 0 Å². The molecule has 5 unspecified atom stereocenters. The van der Waals surface area contributed by atoms with Gasteiger partial charge < -0.3 is 15.8 Å². The monoisotopic (exact) mass is 224 g/mol. The van der Waals surface area contributed by atoms with Gasteiger partial charge in [-0.3, -0.25) is 4.79 Å². The summed E-state index contributed by atoms with van der Waals surface area (Å²) >= 11 is 0. The Morgan fingerprint density at radius 1 is 1.19 bits per heavy atom. The van der Waals surface area contributed by atoms with E-state index in [1.807, 2.05) is 0 Å².